The molecule has 0 saturated carbocycles. The van der Waals surface area contributed by atoms with Crippen molar-refractivity contribution in [1.82, 2.24) is 9.97 Å². The molecule has 0 fully saturated rings. The number of aryl methyl sites for hydroxylation is 1. The van der Waals surface area contributed by atoms with Crippen molar-refractivity contribution in [2.45, 2.75) is 13.3 Å². The molecule has 0 aliphatic carbocycles. The lowest BCUT2D eigenvalue weighted by Crippen LogP contribution is -1.85. The number of phenolic OH excluding ortho intramolecular Hbond substituents is 1. The second-order valence-electron chi connectivity index (χ2n) is 4.68. The third-order valence-corrected chi connectivity index (χ3v) is 3.41. The second kappa shape index (κ2) is 4.89. The van der Waals surface area contributed by atoms with Crippen LogP contribution in [0.25, 0.3) is 22.4 Å². The van der Waals surface area contributed by atoms with Gasteiger partial charge in [-0.1, -0.05) is 13.0 Å². The van der Waals surface area contributed by atoms with E-state index in [1.54, 1.807) is 12.1 Å². The minimum absolute atomic E-state index is 0.111. The molecule has 0 saturated heterocycles. The van der Waals surface area contributed by atoms with E-state index in [0.717, 1.165) is 28.8 Å². The smallest absolute Gasteiger partial charge is 0.160 e. The van der Waals surface area contributed by atoms with Gasteiger partial charge in [-0.25, -0.2) is 4.98 Å². The molecule has 1 aromatic heterocycles. The number of nitrogens with one attached hydrogen (secondary N) is 1. The number of hydrogen-bond donors (Lipinski definition) is 2. The summed E-state index contributed by atoms with van der Waals surface area (Å²) >= 11 is 0. The highest BCUT2D eigenvalue weighted by Gasteiger charge is 2.09. The Bertz CT molecular complexity index is 762. The summed E-state index contributed by atoms with van der Waals surface area (Å²) in [5, 5.41) is 9.84. The van der Waals surface area contributed by atoms with E-state index in [9.17, 15) is 5.11 Å². The van der Waals surface area contributed by atoms with Gasteiger partial charge >= 0.3 is 0 Å². The van der Waals surface area contributed by atoms with E-state index in [1.807, 2.05) is 12.1 Å². The summed E-state index contributed by atoms with van der Waals surface area (Å²) in [6, 6.07) is 11.5. The van der Waals surface area contributed by atoms with E-state index in [2.05, 4.69) is 29.0 Å². The van der Waals surface area contributed by atoms with Crippen molar-refractivity contribution in [3.63, 3.8) is 0 Å². The van der Waals surface area contributed by atoms with Crippen LogP contribution in [0.4, 0.5) is 0 Å². The van der Waals surface area contributed by atoms with Gasteiger partial charge in [0.25, 0.3) is 0 Å². The van der Waals surface area contributed by atoms with Gasteiger partial charge in [0.15, 0.2) is 11.5 Å². The maximum Gasteiger partial charge on any atom is 0.160 e. The Kier molecular flexibility index (Phi) is 3.06. The van der Waals surface area contributed by atoms with Crippen LogP contribution in [-0.2, 0) is 6.42 Å². The molecule has 3 rings (SSSR count). The zero-order valence-electron chi connectivity index (χ0n) is 11.5. The van der Waals surface area contributed by atoms with Crippen LogP contribution in [0.1, 0.15) is 12.5 Å². The van der Waals surface area contributed by atoms with Crippen molar-refractivity contribution < 1.29 is 9.84 Å². The first-order valence-electron chi connectivity index (χ1n) is 6.57. The Hall–Kier alpha value is -2.49. The number of aromatic hydroxyl groups is 1. The van der Waals surface area contributed by atoms with Crippen molar-refractivity contribution in [3.05, 3.63) is 42.0 Å². The molecule has 2 aromatic carbocycles. The number of aromatic amines is 1. The number of imidazole rings is 1. The second-order valence-corrected chi connectivity index (χ2v) is 4.68. The van der Waals surface area contributed by atoms with Gasteiger partial charge in [0.05, 0.1) is 18.1 Å². The number of rotatable bonds is 3. The van der Waals surface area contributed by atoms with E-state index < -0.39 is 0 Å². The number of phenols is 1. The van der Waals surface area contributed by atoms with Crippen molar-refractivity contribution >= 4 is 11.0 Å². The number of nitrogens with zero attached hydrogens (tertiary/aromatic N) is 1. The number of ether oxygens (including phenoxy) is 1. The van der Waals surface area contributed by atoms with Crippen LogP contribution in [0.2, 0.25) is 0 Å². The molecule has 3 aromatic rings. The molecule has 2 N–H and O–H groups in total. The van der Waals surface area contributed by atoms with E-state index in [0.29, 0.717) is 5.75 Å². The van der Waals surface area contributed by atoms with E-state index in [1.165, 1.54) is 12.7 Å². The zero-order valence-corrected chi connectivity index (χ0v) is 11.5. The highest BCUT2D eigenvalue weighted by Crippen LogP contribution is 2.31. The predicted octanol–water partition coefficient (Wildman–Crippen LogP) is 3.51. The van der Waals surface area contributed by atoms with Gasteiger partial charge in [-0.2, -0.15) is 0 Å². The molecule has 0 spiro atoms. The predicted molar refractivity (Wildman–Crippen MR) is 79.1 cm³/mol. The topological polar surface area (TPSA) is 58.1 Å². The summed E-state index contributed by atoms with van der Waals surface area (Å²) in [6.07, 6.45) is 0.994. The summed E-state index contributed by atoms with van der Waals surface area (Å²) in [4.78, 5) is 7.84. The van der Waals surface area contributed by atoms with Crippen LogP contribution in [0, 0.1) is 0 Å². The Balaban J connectivity index is 2.07. The standard InChI is InChI=1S/C16H16N2O2/c1-3-10-4-6-12-13(8-10)18-16(17-12)11-5-7-15(20-2)14(19)9-11/h4-9,19H,3H2,1-2H3,(H,17,18). The minimum Gasteiger partial charge on any atom is -0.504 e. The molecule has 0 atom stereocenters. The van der Waals surface area contributed by atoms with Gasteiger partial charge in [-0.15, -0.1) is 0 Å². The van der Waals surface area contributed by atoms with Crippen LogP contribution < -0.4 is 4.74 Å². The molecule has 1 heterocycles. The molecule has 102 valence electrons. The first-order chi connectivity index (χ1) is 9.71. The molecule has 0 bridgehead atoms. The summed E-state index contributed by atoms with van der Waals surface area (Å²) in [5.74, 6) is 1.31. The third kappa shape index (κ3) is 2.09. The lowest BCUT2D eigenvalue weighted by molar-refractivity contribution is 0.373. The number of hydrogen-bond acceptors (Lipinski definition) is 3. The Morgan fingerprint density at radius 2 is 2.05 bits per heavy atom. The molecular formula is C16H16N2O2. The number of H-pyrrole nitrogens is 1. The van der Waals surface area contributed by atoms with Crippen LogP contribution in [0.15, 0.2) is 36.4 Å². The summed E-state index contributed by atoms with van der Waals surface area (Å²) in [7, 11) is 1.53. The summed E-state index contributed by atoms with van der Waals surface area (Å²) in [6.45, 7) is 2.12. The van der Waals surface area contributed by atoms with Gasteiger partial charge in [-0.3, -0.25) is 0 Å². The van der Waals surface area contributed by atoms with Crippen molar-refractivity contribution in [2.24, 2.45) is 0 Å². The Morgan fingerprint density at radius 1 is 1.20 bits per heavy atom. The highest BCUT2D eigenvalue weighted by atomic mass is 16.5. The van der Waals surface area contributed by atoms with Gasteiger partial charge in [0.1, 0.15) is 5.82 Å². The maximum atomic E-state index is 9.84. The van der Waals surface area contributed by atoms with Gasteiger partial charge in [0, 0.05) is 5.56 Å². The fourth-order valence-electron chi connectivity index (χ4n) is 2.25. The minimum atomic E-state index is 0.111. The fraction of sp³-hybridized carbons (Fsp3) is 0.188. The molecule has 0 radical (unpaired) electrons. The zero-order chi connectivity index (χ0) is 14.1. The van der Waals surface area contributed by atoms with Crippen LogP contribution >= 0.6 is 0 Å². The molecule has 4 nitrogen and oxygen atoms in total. The lowest BCUT2D eigenvalue weighted by atomic mass is 10.1. The third-order valence-electron chi connectivity index (χ3n) is 3.41. The first kappa shape index (κ1) is 12.5. The molecule has 0 aliphatic heterocycles. The number of aromatic nitrogens is 2. The molecule has 4 heteroatoms. The van der Waals surface area contributed by atoms with Crippen molar-refractivity contribution in [1.29, 1.82) is 0 Å². The quantitative estimate of drug-likeness (QED) is 0.764. The van der Waals surface area contributed by atoms with Crippen LogP contribution in [-0.4, -0.2) is 22.2 Å². The lowest BCUT2D eigenvalue weighted by Gasteiger charge is -2.04. The summed E-state index contributed by atoms with van der Waals surface area (Å²) in [5.41, 5.74) is 4.03. The van der Waals surface area contributed by atoms with Gasteiger partial charge in [0.2, 0.25) is 0 Å². The highest BCUT2D eigenvalue weighted by molar-refractivity contribution is 5.80. The van der Waals surface area contributed by atoms with Gasteiger partial charge < -0.3 is 14.8 Å². The van der Waals surface area contributed by atoms with Crippen molar-refractivity contribution in [2.75, 3.05) is 7.11 Å². The van der Waals surface area contributed by atoms with Crippen molar-refractivity contribution in [3.8, 4) is 22.9 Å². The monoisotopic (exact) mass is 268 g/mol. The molecule has 20 heavy (non-hydrogen) atoms. The van der Waals surface area contributed by atoms with E-state index >= 15 is 0 Å². The SMILES string of the molecule is CCc1ccc2nc(-c3ccc(OC)c(O)c3)[nH]c2c1. The first-order valence-corrected chi connectivity index (χ1v) is 6.57. The Morgan fingerprint density at radius 3 is 2.75 bits per heavy atom. The van der Waals surface area contributed by atoms with E-state index in [-0.39, 0.29) is 5.75 Å². The number of methoxy groups -OCH3 is 1. The number of benzene rings is 2. The molecule has 0 amide bonds. The van der Waals surface area contributed by atoms with E-state index in [4.69, 9.17) is 4.74 Å². The molecule has 0 unspecified atom stereocenters. The maximum absolute atomic E-state index is 9.84. The van der Waals surface area contributed by atoms with Crippen LogP contribution in [0.3, 0.4) is 0 Å². The average molecular weight is 268 g/mol. The fourth-order valence-corrected chi connectivity index (χ4v) is 2.25. The number of fused-ring (bicyclic) bond motifs is 1. The Labute approximate surface area is 117 Å². The summed E-state index contributed by atoms with van der Waals surface area (Å²) < 4.78 is 5.04. The largest absolute Gasteiger partial charge is 0.504 e. The average Bonchev–Trinajstić information content (AvgIpc) is 2.89. The normalized spacial score (nSPS) is 10.9. The van der Waals surface area contributed by atoms with Gasteiger partial charge in [-0.05, 0) is 42.3 Å². The molecule has 0 aliphatic rings. The molecular weight excluding hydrogens is 252 g/mol. The van der Waals surface area contributed by atoms with Crippen LogP contribution in [0.5, 0.6) is 11.5 Å².